The number of imidazole rings is 1. The first kappa shape index (κ1) is 28.9. The lowest BCUT2D eigenvalue weighted by atomic mass is 9.70. The third-order valence-corrected chi connectivity index (χ3v) is 8.18. The molecule has 3 heterocycles. The maximum atomic E-state index is 13.5. The molecule has 0 saturated heterocycles. The van der Waals surface area contributed by atoms with Crippen molar-refractivity contribution >= 4 is 33.6 Å². The predicted octanol–water partition coefficient (Wildman–Crippen LogP) is 5.22. The second kappa shape index (κ2) is 12.5. The van der Waals surface area contributed by atoms with Crippen molar-refractivity contribution in [2.24, 2.45) is 11.3 Å². The highest BCUT2D eigenvalue weighted by molar-refractivity contribution is 5.83. The molecule has 1 unspecified atom stereocenters. The van der Waals surface area contributed by atoms with Gasteiger partial charge in [-0.25, -0.2) is 10.5 Å². The molecule has 0 aliphatic heterocycles. The van der Waals surface area contributed by atoms with Crippen LogP contribution in [-0.2, 0) is 16.0 Å². The molecule has 3 atom stereocenters. The molecule has 10 heteroatoms. The maximum Gasteiger partial charge on any atom is 0.249 e. The summed E-state index contributed by atoms with van der Waals surface area (Å²) < 4.78 is 3.72. The van der Waals surface area contributed by atoms with Gasteiger partial charge in [0.05, 0.1) is 30.0 Å². The molecule has 10 nitrogen and oxygen atoms in total. The highest BCUT2D eigenvalue weighted by Crippen LogP contribution is 2.40. The molecular weight excluding hydrogens is 530 g/mol. The monoisotopic (exact) mass is 567 g/mol. The van der Waals surface area contributed by atoms with E-state index < -0.39 is 23.4 Å². The number of nitrogens with one attached hydrogen (secondary N) is 2. The maximum absolute atomic E-state index is 13.5. The molecule has 5 rings (SSSR count). The van der Waals surface area contributed by atoms with E-state index in [1.807, 2.05) is 61.3 Å². The van der Waals surface area contributed by atoms with E-state index in [0.29, 0.717) is 19.3 Å². The summed E-state index contributed by atoms with van der Waals surface area (Å²) in [6.07, 6.45) is 10.1. The Bertz CT molecular complexity index is 1660. The van der Waals surface area contributed by atoms with Crippen LogP contribution in [0.3, 0.4) is 0 Å². The second-order valence-electron chi connectivity index (χ2n) is 11.4. The molecule has 2 aromatic carbocycles. The van der Waals surface area contributed by atoms with Crippen molar-refractivity contribution in [2.45, 2.75) is 58.7 Å². The van der Waals surface area contributed by atoms with E-state index in [-0.39, 0.29) is 18.4 Å². The molecule has 0 aliphatic carbocycles. The Morgan fingerprint density at radius 3 is 2.60 bits per heavy atom. The number of aromatic nitrogens is 5. The first-order chi connectivity index (χ1) is 20.3. The van der Waals surface area contributed by atoms with Crippen LogP contribution in [0.4, 0.5) is 0 Å². The highest BCUT2D eigenvalue weighted by Gasteiger charge is 2.41. The van der Waals surface area contributed by atoms with Crippen molar-refractivity contribution in [3.8, 4) is 0 Å². The van der Waals surface area contributed by atoms with Crippen molar-refractivity contribution in [3.63, 3.8) is 0 Å². The van der Waals surface area contributed by atoms with E-state index in [2.05, 4.69) is 50.7 Å². The van der Waals surface area contributed by atoms with Gasteiger partial charge in [0.2, 0.25) is 11.8 Å². The summed E-state index contributed by atoms with van der Waals surface area (Å²) >= 11 is 0. The molecule has 42 heavy (non-hydrogen) atoms. The quantitative estimate of drug-likeness (QED) is 0.140. The topological polar surface area (TPSA) is 127 Å². The van der Waals surface area contributed by atoms with Gasteiger partial charge in [0.15, 0.2) is 0 Å². The first-order valence-corrected chi connectivity index (χ1v) is 14.3. The van der Waals surface area contributed by atoms with Gasteiger partial charge < -0.3 is 9.88 Å². The Labute approximate surface area is 244 Å². The Hall–Kier alpha value is -4.57. The summed E-state index contributed by atoms with van der Waals surface area (Å²) in [5, 5.41) is 19.5. The Balaban J connectivity index is 1.37. The van der Waals surface area contributed by atoms with Gasteiger partial charge in [0, 0.05) is 31.4 Å². The number of hydrogen-bond donors (Lipinski definition) is 3. The number of pyridine rings is 1. The van der Waals surface area contributed by atoms with Crippen LogP contribution < -0.4 is 10.8 Å². The molecule has 0 bridgehead atoms. The predicted molar refractivity (Wildman–Crippen MR) is 160 cm³/mol. The van der Waals surface area contributed by atoms with Crippen LogP contribution in [0.15, 0.2) is 85.7 Å². The van der Waals surface area contributed by atoms with Crippen molar-refractivity contribution in [1.82, 2.24) is 35.1 Å². The molecule has 3 aromatic heterocycles. The van der Waals surface area contributed by atoms with Crippen molar-refractivity contribution in [3.05, 3.63) is 91.3 Å². The van der Waals surface area contributed by atoms with Crippen molar-refractivity contribution in [1.29, 1.82) is 0 Å². The van der Waals surface area contributed by atoms with Gasteiger partial charge in [-0.2, -0.15) is 5.10 Å². The van der Waals surface area contributed by atoms with Crippen molar-refractivity contribution in [2.75, 3.05) is 0 Å². The molecule has 2 amide bonds. The lowest BCUT2D eigenvalue weighted by Crippen LogP contribution is -2.44. The molecular formula is C32H37N7O3. The van der Waals surface area contributed by atoms with E-state index in [9.17, 15) is 14.8 Å². The van der Waals surface area contributed by atoms with E-state index in [0.717, 1.165) is 27.4 Å². The molecule has 0 fully saturated rings. The number of rotatable bonds is 12. The smallest absolute Gasteiger partial charge is 0.249 e. The second-order valence-corrected chi connectivity index (χ2v) is 11.4. The van der Waals surface area contributed by atoms with Crippen molar-refractivity contribution < 1.29 is 14.8 Å². The summed E-state index contributed by atoms with van der Waals surface area (Å²) in [6, 6.07) is 17.9. The molecule has 0 aliphatic rings. The lowest BCUT2D eigenvalue weighted by Gasteiger charge is -2.38. The van der Waals surface area contributed by atoms with E-state index in [4.69, 9.17) is 0 Å². The van der Waals surface area contributed by atoms with Gasteiger partial charge >= 0.3 is 0 Å². The van der Waals surface area contributed by atoms with Gasteiger partial charge in [0.25, 0.3) is 0 Å². The van der Waals surface area contributed by atoms with E-state index >= 15 is 0 Å². The van der Waals surface area contributed by atoms with Crippen LogP contribution >= 0.6 is 0 Å². The molecule has 5 aromatic rings. The number of hydrogen-bond acceptors (Lipinski definition) is 6. The van der Waals surface area contributed by atoms with Crippen LogP contribution in [0.2, 0.25) is 0 Å². The summed E-state index contributed by atoms with van der Waals surface area (Å²) in [6.45, 7) is 5.89. The third-order valence-electron chi connectivity index (χ3n) is 8.18. The zero-order valence-corrected chi connectivity index (χ0v) is 24.1. The van der Waals surface area contributed by atoms with Crippen LogP contribution in [-0.4, -0.2) is 41.3 Å². The van der Waals surface area contributed by atoms with Gasteiger partial charge in [-0.15, -0.1) is 0 Å². The number of benzene rings is 2. The SMILES string of the molecule is CCC([C@@H](C(=O)NO)C(C)(C)CCC(=O)N[C@H](Cc1ccc2ccccc2c1)n1cnc2cnccc21)n1cccn1. The number of nitrogens with zero attached hydrogens (tertiary/aromatic N) is 5. The normalized spacial score (nSPS) is 14.0. The molecule has 3 N–H and O–H groups in total. The summed E-state index contributed by atoms with van der Waals surface area (Å²) in [4.78, 5) is 35.2. The minimum absolute atomic E-state index is 0.139. The number of hydroxylamine groups is 1. The zero-order chi connectivity index (χ0) is 29.7. The fourth-order valence-corrected chi connectivity index (χ4v) is 5.96. The van der Waals surface area contributed by atoms with Crippen LogP contribution in [0.1, 0.15) is 57.8 Å². The van der Waals surface area contributed by atoms with Crippen LogP contribution in [0.25, 0.3) is 21.8 Å². The van der Waals surface area contributed by atoms with Gasteiger partial charge in [0.1, 0.15) is 11.7 Å². The standard InChI is InChI=1S/C32H37N7O3/c1-4-26(39-17-7-15-35-39)30(31(41)37-42)32(2,3)14-12-29(40)36-28(38-21-34-25-20-33-16-13-27(25)38)19-22-10-11-23-8-5-6-9-24(23)18-22/h5-11,13,15-18,20-21,26,28,30,42H,4,12,14,19H2,1-3H3,(H,36,40)(H,37,41)/t26?,28-,30-/m0/s1. The molecule has 0 saturated carbocycles. The van der Waals surface area contributed by atoms with Crippen LogP contribution in [0, 0.1) is 11.3 Å². The van der Waals surface area contributed by atoms with Gasteiger partial charge in [-0.05, 0) is 46.7 Å². The Kier molecular flexibility index (Phi) is 8.63. The fraction of sp³-hybridized carbons (Fsp3) is 0.344. The third kappa shape index (κ3) is 6.18. The van der Waals surface area contributed by atoms with Gasteiger partial charge in [-0.3, -0.25) is 24.5 Å². The average Bonchev–Trinajstić information content (AvgIpc) is 3.69. The number of amides is 2. The summed E-state index contributed by atoms with van der Waals surface area (Å²) in [5.74, 6) is -1.24. The lowest BCUT2D eigenvalue weighted by molar-refractivity contribution is -0.140. The number of fused-ring (bicyclic) bond motifs is 2. The van der Waals surface area contributed by atoms with Crippen LogP contribution in [0.5, 0.6) is 0 Å². The Morgan fingerprint density at radius 2 is 1.86 bits per heavy atom. The number of carbonyl (C=O) groups excluding carboxylic acids is 2. The fourth-order valence-electron chi connectivity index (χ4n) is 5.96. The minimum Gasteiger partial charge on any atom is -0.335 e. The zero-order valence-electron chi connectivity index (χ0n) is 24.1. The summed E-state index contributed by atoms with van der Waals surface area (Å²) in [5.41, 5.74) is 3.93. The largest absolute Gasteiger partial charge is 0.335 e. The molecule has 0 spiro atoms. The minimum atomic E-state index is -0.627. The van der Waals surface area contributed by atoms with E-state index in [1.165, 1.54) is 0 Å². The summed E-state index contributed by atoms with van der Waals surface area (Å²) in [7, 11) is 0. The average molecular weight is 568 g/mol. The van der Waals surface area contributed by atoms with Gasteiger partial charge in [-0.1, -0.05) is 63.2 Å². The molecule has 218 valence electrons. The number of carbonyl (C=O) groups is 2. The first-order valence-electron chi connectivity index (χ1n) is 14.3. The Morgan fingerprint density at radius 1 is 1.05 bits per heavy atom. The molecule has 0 radical (unpaired) electrons. The van der Waals surface area contributed by atoms with E-state index in [1.54, 1.807) is 29.6 Å². The highest BCUT2D eigenvalue weighted by atomic mass is 16.5.